The second-order valence-electron chi connectivity index (χ2n) is 7.85. The first kappa shape index (κ1) is 23.4. The summed E-state index contributed by atoms with van der Waals surface area (Å²) < 4.78 is 0. The van der Waals surface area contributed by atoms with Crippen LogP contribution in [0.2, 0.25) is 0 Å². The minimum atomic E-state index is -0.465. The highest BCUT2D eigenvalue weighted by molar-refractivity contribution is 7.80. The molecule has 1 aromatic carbocycles. The predicted octanol–water partition coefficient (Wildman–Crippen LogP) is 3.73. The van der Waals surface area contributed by atoms with Gasteiger partial charge in [-0.25, -0.2) is 4.98 Å². The lowest BCUT2D eigenvalue weighted by molar-refractivity contribution is -0.383. The second-order valence-corrected chi connectivity index (χ2v) is 8.33. The highest BCUT2D eigenvalue weighted by atomic mass is 32.1. The molecule has 5 rings (SSSR count). The molecule has 0 saturated carbocycles. The molecular formula is C24H24N6O3S. The van der Waals surface area contributed by atoms with Crippen LogP contribution in [-0.4, -0.2) is 32.3 Å². The zero-order valence-electron chi connectivity index (χ0n) is 18.5. The molecule has 1 amide bonds. The first-order valence-corrected chi connectivity index (χ1v) is 11.2. The molecule has 4 heterocycles. The van der Waals surface area contributed by atoms with Crippen LogP contribution in [0.1, 0.15) is 32.9 Å². The number of non-ortho nitro benzene ring substituents is 1. The summed E-state index contributed by atoms with van der Waals surface area (Å²) >= 11 is 4.25. The molecule has 0 radical (unpaired) electrons. The standard InChI is InChI=1S/C16H14N4O3S.C8H10N2/c1-9-14(24)7-12(19-9)16(21)18-8-10-4-5-13(20(22)23)15-11(10)3-2-6-17-15;1-3-9-6-8-2-4-10-5-7(1)8/h2-7,19,24H,8H2,1H3,(H,18,21);1,3,6,10H,2,4-5H2. The van der Waals surface area contributed by atoms with Gasteiger partial charge in [0.15, 0.2) is 0 Å². The summed E-state index contributed by atoms with van der Waals surface area (Å²) in [5, 5.41) is 17.8. The van der Waals surface area contributed by atoms with Crippen LogP contribution in [0.25, 0.3) is 10.9 Å². The number of nitrogens with one attached hydrogen (secondary N) is 3. The third-order valence-corrected chi connectivity index (χ3v) is 6.06. The van der Waals surface area contributed by atoms with E-state index in [2.05, 4.69) is 44.3 Å². The summed E-state index contributed by atoms with van der Waals surface area (Å²) in [4.78, 5) is 34.7. The van der Waals surface area contributed by atoms with Gasteiger partial charge in [0.1, 0.15) is 11.2 Å². The van der Waals surface area contributed by atoms with Gasteiger partial charge in [0.05, 0.1) is 4.92 Å². The van der Waals surface area contributed by atoms with Crippen LogP contribution < -0.4 is 10.6 Å². The Kier molecular flexibility index (Phi) is 7.19. The summed E-state index contributed by atoms with van der Waals surface area (Å²) in [6, 6.07) is 10.2. The number of carbonyl (C=O) groups excluding carboxylic acids is 1. The number of hydrogen-bond donors (Lipinski definition) is 4. The molecule has 9 nitrogen and oxygen atoms in total. The first-order chi connectivity index (χ1) is 16.4. The number of aromatic nitrogens is 3. The van der Waals surface area contributed by atoms with Crippen molar-refractivity contribution in [3.8, 4) is 0 Å². The molecule has 1 aliphatic heterocycles. The average Bonchev–Trinajstić information content (AvgIpc) is 3.20. The number of hydrogen-bond acceptors (Lipinski definition) is 7. The highest BCUT2D eigenvalue weighted by Gasteiger charge is 2.16. The largest absolute Gasteiger partial charge is 0.354 e. The lowest BCUT2D eigenvalue weighted by atomic mass is 10.0. The Morgan fingerprint density at radius 3 is 2.82 bits per heavy atom. The number of aromatic amines is 1. The van der Waals surface area contributed by atoms with Crippen molar-refractivity contribution in [2.45, 2.75) is 31.3 Å². The van der Waals surface area contributed by atoms with Crippen LogP contribution in [-0.2, 0) is 19.5 Å². The summed E-state index contributed by atoms with van der Waals surface area (Å²) in [5.74, 6) is -0.270. The van der Waals surface area contributed by atoms with Crippen molar-refractivity contribution in [3.63, 3.8) is 0 Å². The van der Waals surface area contributed by atoms with Gasteiger partial charge in [-0.1, -0.05) is 6.07 Å². The zero-order chi connectivity index (χ0) is 24.1. The fourth-order valence-corrected chi connectivity index (χ4v) is 3.94. The van der Waals surface area contributed by atoms with E-state index in [0.717, 1.165) is 30.8 Å². The maximum atomic E-state index is 12.2. The number of nitrogens with zero attached hydrogens (tertiary/aromatic N) is 3. The van der Waals surface area contributed by atoms with E-state index >= 15 is 0 Å². The molecule has 174 valence electrons. The van der Waals surface area contributed by atoms with Crippen LogP contribution >= 0.6 is 12.6 Å². The van der Waals surface area contributed by atoms with Gasteiger partial charge >= 0.3 is 0 Å². The molecule has 3 aromatic heterocycles. The van der Waals surface area contributed by atoms with E-state index in [1.807, 2.05) is 19.3 Å². The lowest BCUT2D eigenvalue weighted by Crippen LogP contribution is -2.23. The molecule has 3 N–H and O–H groups in total. The van der Waals surface area contributed by atoms with Crippen molar-refractivity contribution in [3.05, 3.63) is 93.2 Å². The van der Waals surface area contributed by atoms with Crippen molar-refractivity contribution in [2.24, 2.45) is 0 Å². The highest BCUT2D eigenvalue weighted by Crippen LogP contribution is 2.26. The molecule has 10 heteroatoms. The number of nitro groups is 1. The van der Waals surface area contributed by atoms with Gasteiger partial charge in [0.2, 0.25) is 0 Å². The predicted molar refractivity (Wildman–Crippen MR) is 132 cm³/mol. The van der Waals surface area contributed by atoms with Crippen LogP contribution in [0.3, 0.4) is 0 Å². The third-order valence-electron chi connectivity index (χ3n) is 5.60. The van der Waals surface area contributed by atoms with Gasteiger partial charge < -0.3 is 15.6 Å². The van der Waals surface area contributed by atoms with E-state index in [1.54, 1.807) is 24.3 Å². The van der Waals surface area contributed by atoms with E-state index in [1.165, 1.54) is 23.4 Å². The SMILES string of the molecule is Cc1[nH]c(C(=O)NCc2ccc([N+](=O)[O-])c3ncccc23)cc1S.c1cc2c(cn1)CCNC2. The van der Waals surface area contributed by atoms with Gasteiger partial charge in [-0.2, -0.15) is 0 Å². The first-order valence-electron chi connectivity index (χ1n) is 10.7. The molecule has 0 aliphatic carbocycles. The number of aryl methyl sites for hydroxylation is 1. The fraction of sp³-hybridized carbons (Fsp3) is 0.208. The quantitative estimate of drug-likeness (QED) is 0.202. The average molecular weight is 477 g/mol. The van der Waals surface area contributed by atoms with E-state index in [9.17, 15) is 14.9 Å². The number of amides is 1. The Labute approximate surface area is 201 Å². The number of nitro benzene ring substituents is 1. The van der Waals surface area contributed by atoms with E-state index < -0.39 is 4.92 Å². The number of thiol groups is 1. The molecule has 0 unspecified atom stereocenters. The number of H-pyrrole nitrogens is 1. The summed E-state index contributed by atoms with van der Waals surface area (Å²) in [6.45, 7) is 4.17. The zero-order valence-corrected chi connectivity index (χ0v) is 19.4. The smallest absolute Gasteiger partial charge is 0.295 e. The molecule has 0 bridgehead atoms. The maximum absolute atomic E-state index is 12.2. The van der Waals surface area contributed by atoms with Gasteiger partial charge in [0.25, 0.3) is 11.6 Å². The van der Waals surface area contributed by atoms with Crippen molar-refractivity contribution in [2.75, 3.05) is 6.54 Å². The number of fused-ring (bicyclic) bond motifs is 2. The lowest BCUT2D eigenvalue weighted by Gasteiger charge is -2.15. The third kappa shape index (κ3) is 5.24. The number of rotatable bonds is 4. The second kappa shape index (κ2) is 10.4. The molecule has 0 spiro atoms. The Balaban J connectivity index is 0.000000226. The van der Waals surface area contributed by atoms with Crippen LogP contribution in [0.4, 0.5) is 5.69 Å². The Bertz CT molecular complexity index is 1310. The molecule has 1 aliphatic rings. The summed E-state index contributed by atoms with van der Waals surface area (Å²) in [5.41, 5.74) is 5.05. The molecule has 4 aromatic rings. The molecule has 34 heavy (non-hydrogen) atoms. The van der Waals surface area contributed by atoms with Crippen molar-refractivity contribution >= 4 is 35.1 Å². The minimum Gasteiger partial charge on any atom is -0.354 e. The van der Waals surface area contributed by atoms with E-state index in [-0.39, 0.29) is 18.1 Å². The van der Waals surface area contributed by atoms with E-state index in [4.69, 9.17) is 0 Å². The Morgan fingerprint density at radius 2 is 2.09 bits per heavy atom. The van der Waals surface area contributed by atoms with Crippen LogP contribution in [0.15, 0.2) is 59.9 Å². The number of carbonyl (C=O) groups is 1. The molecular weight excluding hydrogens is 452 g/mol. The normalized spacial score (nSPS) is 12.4. The van der Waals surface area contributed by atoms with Gasteiger partial charge in [-0.3, -0.25) is 19.9 Å². The maximum Gasteiger partial charge on any atom is 0.295 e. The van der Waals surface area contributed by atoms with Crippen molar-refractivity contribution in [1.29, 1.82) is 0 Å². The number of pyridine rings is 2. The topological polar surface area (TPSA) is 126 Å². The van der Waals surface area contributed by atoms with Crippen LogP contribution in [0.5, 0.6) is 0 Å². The van der Waals surface area contributed by atoms with Crippen molar-refractivity contribution in [1.82, 2.24) is 25.6 Å². The van der Waals surface area contributed by atoms with Gasteiger partial charge in [-0.15, -0.1) is 12.6 Å². The Morgan fingerprint density at radius 1 is 1.24 bits per heavy atom. The number of benzene rings is 1. The van der Waals surface area contributed by atoms with Crippen molar-refractivity contribution < 1.29 is 9.72 Å². The molecule has 0 fully saturated rings. The van der Waals surface area contributed by atoms with Gasteiger partial charge in [0, 0.05) is 53.7 Å². The fourth-order valence-electron chi connectivity index (χ4n) is 3.76. The molecule has 0 atom stereocenters. The Hall–Kier alpha value is -3.76. The summed E-state index contributed by atoms with van der Waals surface area (Å²) in [7, 11) is 0. The molecule has 0 saturated heterocycles. The monoisotopic (exact) mass is 476 g/mol. The van der Waals surface area contributed by atoms with Gasteiger partial charge in [-0.05, 0) is 60.8 Å². The summed E-state index contributed by atoms with van der Waals surface area (Å²) in [6.07, 6.45) is 6.46. The van der Waals surface area contributed by atoms with E-state index in [0.29, 0.717) is 21.5 Å². The minimum absolute atomic E-state index is 0.0552. The van der Waals surface area contributed by atoms with Crippen LogP contribution in [0, 0.1) is 17.0 Å².